The van der Waals surface area contributed by atoms with E-state index in [1.165, 1.54) is 0 Å². The lowest BCUT2D eigenvalue weighted by molar-refractivity contribution is -0.174. The number of hydrogen-bond donors (Lipinski definition) is 0. The molecule has 0 rings (SSSR count). The highest BCUT2D eigenvalue weighted by atomic mass is 16.7. The summed E-state index contributed by atoms with van der Waals surface area (Å²) in [6, 6.07) is 0. The zero-order valence-electron chi connectivity index (χ0n) is 11.5. The van der Waals surface area contributed by atoms with Gasteiger partial charge >= 0.3 is 0 Å². The number of carbonyl (C=O) groups is 3. The van der Waals surface area contributed by atoms with Gasteiger partial charge in [0.05, 0.1) is 0 Å². The predicted octanol–water partition coefficient (Wildman–Crippen LogP) is 1.53. The van der Waals surface area contributed by atoms with Crippen molar-refractivity contribution < 1.29 is 23.9 Å². The van der Waals surface area contributed by atoms with Crippen LogP contribution < -0.4 is 0 Å². The van der Waals surface area contributed by atoms with Crippen LogP contribution in [-0.2, 0) is 23.9 Å². The maximum absolute atomic E-state index is 12.1. The van der Waals surface area contributed by atoms with E-state index >= 15 is 0 Å². The van der Waals surface area contributed by atoms with E-state index < -0.39 is 18.0 Å². The molecule has 5 heteroatoms. The largest absolute Gasteiger partial charge is 0.346 e. The molecule has 5 nitrogen and oxygen atoms in total. The molecule has 0 saturated heterocycles. The van der Waals surface area contributed by atoms with Gasteiger partial charge in [0, 0.05) is 26.1 Å². The van der Waals surface area contributed by atoms with Gasteiger partial charge in [-0.1, -0.05) is 13.8 Å². The Labute approximate surface area is 108 Å². The van der Waals surface area contributed by atoms with Gasteiger partial charge in [0.25, 0.3) is 0 Å². The summed E-state index contributed by atoms with van der Waals surface area (Å²) in [7, 11) is 0. The molecule has 0 fully saturated rings. The van der Waals surface area contributed by atoms with Crippen molar-refractivity contribution in [3.8, 4) is 0 Å². The van der Waals surface area contributed by atoms with Crippen LogP contribution in [-0.4, -0.2) is 36.9 Å². The van der Waals surface area contributed by atoms with Crippen LogP contribution in [0.25, 0.3) is 0 Å². The minimum Gasteiger partial charge on any atom is -0.346 e. The molecule has 0 atom stereocenters. The van der Waals surface area contributed by atoms with Gasteiger partial charge < -0.3 is 9.47 Å². The average molecular weight is 258 g/mol. The molecule has 0 spiro atoms. The molecule has 0 aliphatic heterocycles. The summed E-state index contributed by atoms with van der Waals surface area (Å²) in [6.07, 6.45) is -0.837. The summed E-state index contributed by atoms with van der Waals surface area (Å²) in [6.45, 7) is 7.26. The van der Waals surface area contributed by atoms with Crippen molar-refractivity contribution in [3.63, 3.8) is 0 Å². The molecule has 0 heterocycles. The number of ketones is 3. The van der Waals surface area contributed by atoms with Crippen molar-refractivity contribution in [2.24, 2.45) is 5.92 Å². The van der Waals surface area contributed by atoms with Crippen LogP contribution in [0, 0.1) is 5.92 Å². The van der Waals surface area contributed by atoms with Crippen molar-refractivity contribution in [2.45, 2.75) is 46.8 Å². The summed E-state index contributed by atoms with van der Waals surface area (Å²) in [5.74, 6) is -2.59. The molecule has 0 aliphatic carbocycles. The Balaban J connectivity index is 5.01. The average Bonchev–Trinajstić information content (AvgIpc) is 2.37. The van der Waals surface area contributed by atoms with Crippen LogP contribution in [0.15, 0.2) is 0 Å². The summed E-state index contributed by atoms with van der Waals surface area (Å²) >= 11 is 0. The third kappa shape index (κ3) is 4.66. The fourth-order valence-electron chi connectivity index (χ4n) is 1.56. The van der Waals surface area contributed by atoms with Gasteiger partial charge in [-0.2, -0.15) is 0 Å². The Morgan fingerprint density at radius 3 is 1.50 bits per heavy atom. The first kappa shape index (κ1) is 16.9. The molecule has 0 N–H and O–H groups in total. The van der Waals surface area contributed by atoms with E-state index in [-0.39, 0.29) is 37.6 Å². The van der Waals surface area contributed by atoms with Crippen molar-refractivity contribution in [3.05, 3.63) is 0 Å². The molecule has 0 bridgehead atoms. The highest BCUT2D eigenvalue weighted by molar-refractivity contribution is 6.20. The lowest BCUT2D eigenvalue weighted by Gasteiger charge is -2.20. The molecule has 0 unspecified atom stereocenters. The van der Waals surface area contributed by atoms with Crippen molar-refractivity contribution in [1.29, 1.82) is 0 Å². The molecule has 18 heavy (non-hydrogen) atoms. The lowest BCUT2D eigenvalue weighted by Crippen LogP contribution is -2.40. The van der Waals surface area contributed by atoms with Crippen molar-refractivity contribution >= 4 is 17.3 Å². The monoisotopic (exact) mass is 258 g/mol. The van der Waals surface area contributed by atoms with Gasteiger partial charge in [0.1, 0.15) is 5.92 Å². The standard InChI is InChI=1S/C13H22O5/c1-5-9(14)11(10(15)6-2)12(16)13(17-7-3)18-8-4/h11,13H,5-8H2,1-4H3. The SMILES string of the molecule is CCOC(OCC)C(=O)C(C(=O)CC)C(=O)CC. The number of carbonyl (C=O) groups excluding carboxylic acids is 3. The Hall–Kier alpha value is -1.07. The Kier molecular flexibility index (Phi) is 8.41. The van der Waals surface area contributed by atoms with Gasteiger partial charge in [0.2, 0.25) is 12.1 Å². The molecule has 104 valence electrons. The van der Waals surface area contributed by atoms with Crippen molar-refractivity contribution in [1.82, 2.24) is 0 Å². The van der Waals surface area contributed by atoms with E-state index in [1.807, 2.05) is 0 Å². The second-order valence-corrected chi connectivity index (χ2v) is 3.72. The summed E-state index contributed by atoms with van der Waals surface area (Å²) < 4.78 is 10.3. The number of hydrogen-bond acceptors (Lipinski definition) is 5. The summed E-state index contributed by atoms with van der Waals surface area (Å²) in [5, 5.41) is 0. The lowest BCUT2D eigenvalue weighted by atomic mass is 9.91. The Morgan fingerprint density at radius 2 is 1.22 bits per heavy atom. The second kappa shape index (κ2) is 8.94. The molecule has 0 aliphatic rings. The molecular formula is C13H22O5. The van der Waals surface area contributed by atoms with Crippen molar-refractivity contribution in [2.75, 3.05) is 13.2 Å². The summed E-state index contributed by atoms with van der Waals surface area (Å²) in [4.78, 5) is 35.6. The molecule has 0 amide bonds. The minimum absolute atomic E-state index is 0.146. The van der Waals surface area contributed by atoms with Gasteiger partial charge in [-0.05, 0) is 13.8 Å². The highest BCUT2D eigenvalue weighted by Crippen LogP contribution is 2.13. The maximum atomic E-state index is 12.1. The smallest absolute Gasteiger partial charge is 0.219 e. The van der Waals surface area contributed by atoms with E-state index in [9.17, 15) is 14.4 Å². The van der Waals surface area contributed by atoms with E-state index in [4.69, 9.17) is 9.47 Å². The predicted molar refractivity (Wildman–Crippen MR) is 66.1 cm³/mol. The number of Topliss-reactive ketones (excluding diaryl/α,β-unsaturated/α-hetero) is 3. The van der Waals surface area contributed by atoms with Crippen LogP contribution in [0.5, 0.6) is 0 Å². The van der Waals surface area contributed by atoms with E-state index in [0.29, 0.717) is 0 Å². The fourth-order valence-corrected chi connectivity index (χ4v) is 1.56. The zero-order chi connectivity index (χ0) is 14.1. The third-order valence-corrected chi connectivity index (χ3v) is 2.49. The number of rotatable bonds is 10. The van der Waals surface area contributed by atoms with Crippen LogP contribution in [0.4, 0.5) is 0 Å². The minimum atomic E-state index is -1.25. The Bertz CT molecular complexity index is 276. The van der Waals surface area contributed by atoms with Crippen LogP contribution >= 0.6 is 0 Å². The quantitative estimate of drug-likeness (QED) is 0.439. The summed E-state index contributed by atoms with van der Waals surface area (Å²) in [5.41, 5.74) is 0. The Morgan fingerprint density at radius 1 is 0.833 bits per heavy atom. The number of ether oxygens (including phenoxy) is 2. The van der Waals surface area contributed by atoms with Gasteiger partial charge in [-0.25, -0.2) is 0 Å². The first-order chi connectivity index (χ1) is 8.53. The topological polar surface area (TPSA) is 69.7 Å². The van der Waals surface area contributed by atoms with E-state index in [0.717, 1.165) is 0 Å². The van der Waals surface area contributed by atoms with E-state index in [1.54, 1.807) is 27.7 Å². The second-order valence-electron chi connectivity index (χ2n) is 3.72. The molecule has 0 radical (unpaired) electrons. The van der Waals surface area contributed by atoms with Gasteiger partial charge in [-0.3, -0.25) is 14.4 Å². The molecule has 0 aromatic heterocycles. The van der Waals surface area contributed by atoms with Gasteiger partial charge in [0.15, 0.2) is 11.6 Å². The van der Waals surface area contributed by atoms with Crippen LogP contribution in [0.2, 0.25) is 0 Å². The maximum Gasteiger partial charge on any atom is 0.219 e. The first-order valence-corrected chi connectivity index (χ1v) is 6.35. The zero-order valence-corrected chi connectivity index (χ0v) is 11.5. The van der Waals surface area contributed by atoms with Crippen LogP contribution in [0.3, 0.4) is 0 Å². The normalized spacial score (nSPS) is 11.0. The van der Waals surface area contributed by atoms with E-state index in [2.05, 4.69) is 0 Å². The van der Waals surface area contributed by atoms with Gasteiger partial charge in [-0.15, -0.1) is 0 Å². The third-order valence-electron chi connectivity index (χ3n) is 2.49. The first-order valence-electron chi connectivity index (χ1n) is 6.35. The van der Waals surface area contributed by atoms with Crippen LogP contribution in [0.1, 0.15) is 40.5 Å². The fraction of sp³-hybridized carbons (Fsp3) is 0.769. The molecule has 0 aromatic rings. The molecule has 0 aromatic carbocycles. The molecule has 0 saturated carbocycles. The molecular weight excluding hydrogens is 236 g/mol. The highest BCUT2D eigenvalue weighted by Gasteiger charge is 2.36.